The molecular weight excluding hydrogens is 316 g/mol. The summed E-state index contributed by atoms with van der Waals surface area (Å²) in [5.74, 6) is -0.960. The lowest BCUT2D eigenvalue weighted by Gasteiger charge is -2.16. The first-order valence-corrected chi connectivity index (χ1v) is 8.50. The molecule has 5 heteroatoms. The summed E-state index contributed by atoms with van der Waals surface area (Å²) in [5, 5.41) is 5.05. The van der Waals surface area contributed by atoms with E-state index in [4.69, 9.17) is 0 Å². The van der Waals surface area contributed by atoms with Gasteiger partial charge in [0.2, 0.25) is 5.91 Å². The fraction of sp³-hybridized carbons (Fsp3) is 0.250. The number of carbonyl (C=O) groups is 3. The molecule has 0 fully saturated rings. The van der Waals surface area contributed by atoms with Gasteiger partial charge in [-0.15, -0.1) is 0 Å². The molecule has 0 saturated heterocycles. The number of aryl methyl sites for hydroxylation is 2. The van der Waals surface area contributed by atoms with Crippen LogP contribution in [0.5, 0.6) is 0 Å². The Balaban J connectivity index is 1.47. The molecule has 2 N–H and O–H groups in total. The van der Waals surface area contributed by atoms with E-state index < -0.39 is 11.8 Å². The van der Waals surface area contributed by atoms with Crippen molar-refractivity contribution >= 4 is 23.4 Å². The molecule has 0 unspecified atom stereocenters. The molecule has 0 atom stereocenters. The van der Waals surface area contributed by atoms with E-state index in [0.29, 0.717) is 16.8 Å². The zero-order chi connectivity index (χ0) is 17.4. The molecule has 1 aliphatic carbocycles. The van der Waals surface area contributed by atoms with Crippen LogP contribution < -0.4 is 10.6 Å². The van der Waals surface area contributed by atoms with Gasteiger partial charge in [-0.1, -0.05) is 18.2 Å². The van der Waals surface area contributed by atoms with Crippen molar-refractivity contribution in [3.8, 4) is 0 Å². The molecular formula is C20H18N2O3. The SMILES string of the molecule is O=C(Cc1ccc2c(c1)CCCC2)Nc1ccc2c(c1)C(=O)NC2=O. The highest BCUT2D eigenvalue weighted by Crippen LogP contribution is 2.23. The molecule has 0 saturated carbocycles. The molecule has 0 bridgehead atoms. The Labute approximate surface area is 145 Å². The summed E-state index contributed by atoms with van der Waals surface area (Å²) in [4.78, 5) is 35.6. The van der Waals surface area contributed by atoms with E-state index >= 15 is 0 Å². The minimum absolute atomic E-state index is 0.138. The summed E-state index contributed by atoms with van der Waals surface area (Å²) in [5.41, 5.74) is 4.90. The van der Waals surface area contributed by atoms with E-state index in [1.54, 1.807) is 18.2 Å². The van der Waals surface area contributed by atoms with Crippen molar-refractivity contribution in [2.45, 2.75) is 32.1 Å². The fourth-order valence-electron chi connectivity index (χ4n) is 3.53. The minimum Gasteiger partial charge on any atom is -0.326 e. The number of carbonyl (C=O) groups excluding carboxylic acids is 3. The molecule has 3 amide bonds. The Morgan fingerprint density at radius 2 is 1.68 bits per heavy atom. The summed E-state index contributed by atoms with van der Waals surface area (Å²) in [6.45, 7) is 0. The van der Waals surface area contributed by atoms with E-state index in [-0.39, 0.29) is 12.3 Å². The van der Waals surface area contributed by atoms with Crippen LogP contribution in [0, 0.1) is 0 Å². The normalized spacial score (nSPS) is 15.4. The Morgan fingerprint density at radius 1 is 0.920 bits per heavy atom. The Hall–Kier alpha value is -2.95. The monoisotopic (exact) mass is 334 g/mol. The molecule has 1 heterocycles. The highest BCUT2D eigenvalue weighted by atomic mass is 16.2. The van der Waals surface area contributed by atoms with Gasteiger partial charge in [0.05, 0.1) is 17.5 Å². The van der Waals surface area contributed by atoms with Crippen LogP contribution in [-0.2, 0) is 24.1 Å². The van der Waals surface area contributed by atoms with E-state index in [1.807, 2.05) is 6.07 Å². The minimum atomic E-state index is -0.425. The predicted molar refractivity (Wildman–Crippen MR) is 93.7 cm³/mol. The molecule has 0 aromatic heterocycles. The number of fused-ring (bicyclic) bond motifs is 2. The molecule has 2 aromatic rings. The van der Waals surface area contributed by atoms with Gasteiger partial charge in [0.1, 0.15) is 0 Å². The van der Waals surface area contributed by atoms with Crippen LogP contribution in [0.25, 0.3) is 0 Å². The third kappa shape index (κ3) is 3.05. The second kappa shape index (κ2) is 6.16. The molecule has 5 nitrogen and oxygen atoms in total. The van der Waals surface area contributed by atoms with Crippen LogP contribution in [0.4, 0.5) is 5.69 Å². The zero-order valence-corrected chi connectivity index (χ0v) is 13.7. The summed E-state index contributed by atoms with van der Waals surface area (Å²) in [6.07, 6.45) is 4.94. The highest BCUT2D eigenvalue weighted by Gasteiger charge is 2.26. The lowest BCUT2D eigenvalue weighted by Crippen LogP contribution is -2.19. The van der Waals surface area contributed by atoms with Gasteiger partial charge in [-0.25, -0.2) is 0 Å². The van der Waals surface area contributed by atoms with Crippen LogP contribution in [0.3, 0.4) is 0 Å². The van der Waals surface area contributed by atoms with E-state index in [9.17, 15) is 14.4 Å². The van der Waals surface area contributed by atoms with Crippen LogP contribution in [0.15, 0.2) is 36.4 Å². The zero-order valence-electron chi connectivity index (χ0n) is 13.7. The van der Waals surface area contributed by atoms with Crippen LogP contribution in [0.1, 0.15) is 50.2 Å². The number of benzene rings is 2. The first kappa shape index (κ1) is 15.6. The molecule has 0 spiro atoms. The van der Waals surface area contributed by atoms with Crippen molar-refractivity contribution < 1.29 is 14.4 Å². The third-order valence-corrected chi connectivity index (χ3v) is 4.80. The summed E-state index contributed by atoms with van der Waals surface area (Å²) < 4.78 is 0. The Bertz CT molecular complexity index is 902. The number of hydrogen-bond acceptors (Lipinski definition) is 3. The fourth-order valence-corrected chi connectivity index (χ4v) is 3.53. The van der Waals surface area contributed by atoms with Gasteiger partial charge in [0.15, 0.2) is 0 Å². The van der Waals surface area contributed by atoms with Gasteiger partial charge in [-0.05, 0) is 60.6 Å². The largest absolute Gasteiger partial charge is 0.326 e. The predicted octanol–water partition coefficient (Wildman–Crippen LogP) is 2.63. The Morgan fingerprint density at radius 3 is 2.52 bits per heavy atom. The second-order valence-electron chi connectivity index (χ2n) is 6.58. The molecule has 1 aliphatic heterocycles. The van der Waals surface area contributed by atoms with Crippen molar-refractivity contribution in [2.24, 2.45) is 0 Å². The van der Waals surface area contributed by atoms with E-state index in [1.165, 1.54) is 24.0 Å². The van der Waals surface area contributed by atoms with Crippen LogP contribution in [0.2, 0.25) is 0 Å². The molecule has 25 heavy (non-hydrogen) atoms. The number of rotatable bonds is 3. The molecule has 126 valence electrons. The van der Waals surface area contributed by atoms with Crippen molar-refractivity contribution in [1.82, 2.24) is 5.32 Å². The average Bonchev–Trinajstić information content (AvgIpc) is 2.88. The third-order valence-electron chi connectivity index (χ3n) is 4.80. The molecule has 2 aliphatic rings. The highest BCUT2D eigenvalue weighted by molar-refractivity contribution is 6.22. The van der Waals surface area contributed by atoms with E-state index in [0.717, 1.165) is 18.4 Å². The lowest BCUT2D eigenvalue weighted by atomic mass is 9.90. The topological polar surface area (TPSA) is 75.3 Å². The summed E-state index contributed by atoms with van der Waals surface area (Å²) >= 11 is 0. The smallest absolute Gasteiger partial charge is 0.259 e. The van der Waals surface area contributed by atoms with Crippen LogP contribution >= 0.6 is 0 Å². The Kier molecular flexibility index (Phi) is 3.84. The number of nitrogens with one attached hydrogen (secondary N) is 2. The van der Waals surface area contributed by atoms with Crippen molar-refractivity contribution in [3.05, 3.63) is 64.2 Å². The second-order valence-corrected chi connectivity index (χ2v) is 6.58. The number of imide groups is 1. The summed E-state index contributed by atoms with van der Waals surface area (Å²) in [6, 6.07) is 11.0. The van der Waals surface area contributed by atoms with Crippen molar-refractivity contribution in [2.75, 3.05) is 5.32 Å². The molecule has 2 aromatic carbocycles. The maximum Gasteiger partial charge on any atom is 0.259 e. The van der Waals surface area contributed by atoms with Crippen LogP contribution in [-0.4, -0.2) is 17.7 Å². The van der Waals surface area contributed by atoms with Crippen molar-refractivity contribution in [3.63, 3.8) is 0 Å². The average molecular weight is 334 g/mol. The van der Waals surface area contributed by atoms with E-state index in [2.05, 4.69) is 22.8 Å². The standard InChI is InChI=1S/C20H18N2O3/c23-18(10-12-5-6-13-3-1-2-4-14(13)9-12)21-15-7-8-16-17(11-15)20(25)22-19(16)24/h5-9,11H,1-4,10H2,(H,21,23)(H,22,24,25). The van der Waals surface area contributed by atoms with Crippen molar-refractivity contribution in [1.29, 1.82) is 0 Å². The van der Waals surface area contributed by atoms with Gasteiger partial charge < -0.3 is 5.32 Å². The molecule has 0 radical (unpaired) electrons. The van der Waals surface area contributed by atoms with Gasteiger partial charge in [0, 0.05) is 5.69 Å². The first-order valence-electron chi connectivity index (χ1n) is 8.50. The van der Waals surface area contributed by atoms with Gasteiger partial charge in [-0.3, -0.25) is 19.7 Å². The number of amides is 3. The summed E-state index contributed by atoms with van der Waals surface area (Å²) in [7, 11) is 0. The maximum atomic E-state index is 12.3. The van der Waals surface area contributed by atoms with Gasteiger partial charge in [-0.2, -0.15) is 0 Å². The van der Waals surface area contributed by atoms with Gasteiger partial charge in [0.25, 0.3) is 11.8 Å². The number of hydrogen-bond donors (Lipinski definition) is 2. The lowest BCUT2D eigenvalue weighted by molar-refractivity contribution is -0.115. The maximum absolute atomic E-state index is 12.3. The van der Waals surface area contributed by atoms with Gasteiger partial charge >= 0.3 is 0 Å². The first-order chi connectivity index (χ1) is 12.1. The number of anilines is 1. The quantitative estimate of drug-likeness (QED) is 0.847. The molecule has 4 rings (SSSR count).